The van der Waals surface area contributed by atoms with Gasteiger partial charge in [0.15, 0.2) is 0 Å². The largest absolute Gasteiger partial charge is 0.497 e. The first-order valence-electron chi connectivity index (χ1n) is 8.26. The maximum Gasteiger partial charge on any atom is 0.252 e. The highest BCUT2D eigenvalue weighted by atomic mass is 32.1. The van der Waals surface area contributed by atoms with Crippen LogP contribution in [0, 0.1) is 18.6 Å². The van der Waals surface area contributed by atoms with E-state index in [1.807, 2.05) is 54.4 Å². The minimum atomic E-state index is 0.514. The Bertz CT molecular complexity index is 995. The summed E-state index contributed by atoms with van der Waals surface area (Å²) in [6.45, 7) is 5.26. The van der Waals surface area contributed by atoms with Gasteiger partial charge in [0.05, 0.1) is 20.9 Å². The monoisotopic (exact) mass is 373 g/mol. The minimum absolute atomic E-state index is 0.514. The summed E-state index contributed by atoms with van der Waals surface area (Å²) in [6.07, 6.45) is 0. The van der Waals surface area contributed by atoms with Gasteiger partial charge in [-0.15, -0.1) is 0 Å². The zero-order valence-electron chi connectivity index (χ0n) is 15.7. The average Bonchev–Trinajstić information content (AvgIpc) is 2.90. The molecule has 0 spiro atoms. The maximum absolute atomic E-state index is 5.49. The number of aryl methyl sites for hydroxylation is 2. The van der Waals surface area contributed by atoms with Crippen LogP contribution in [-0.4, -0.2) is 45.3 Å². The smallest absolute Gasteiger partial charge is 0.252 e. The molecule has 26 heavy (non-hydrogen) atoms. The van der Waals surface area contributed by atoms with E-state index in [1.165, 1.54) is 0 Å². The van der Waals surface area contributed by atoms with Gasteiger partial charge in [0, 0.05) is 29.6 Å². The molecule has 0 unspecified atom stereocenters. The van der Waals surface area contributed by atoms with Crippen molar-refractivity contribution in [3.63, 3.8) is 0 Å². The molecule has 0 bridgehead atoms. The van der Waals surface area contributed by atoms with Crippen LogP contribution in [0.1, 0.15) is 17.0 Å². The van der Waals surface area contributed by atoms with Crippen LogP contribution in [0.25, 0.3) is 5.78 Å². The minimum Gasteiger partial charge on any atom is -0.497 e. The normalized spacial score (nSPS) is 11.3. The van der Waals surface area contributed by atoms with Crippen LogP contribution in [0.4, 0.5) is 0 Å². The average molecular weight is 373 g/mol. The summed E-state index contributed by atoms with van der Waals surface area (Å²) in [5.41, 5.74) is 3.05. The summed E-state index contributed by atoms with van der Waals surface area (Å²) in [5.74, 6) is 2.20. The summed E-state index contributed by atoms with van der Waals surface area (Å²) < 4.78 is 15.2. The van der Waals surface area contributed by atoms with E-state index in [4.69, 9.17) is 21.7 Å². The highest BCUT2D eigenvalue weighted by Gasteiger charge is 2.13. The van der Waals surface area contributed by atoms with Gasteiger partial charge in [-0.3, -0.25) is 4.90 Å². The lowest BCUT2D eigenvalue weighted by Gasteiger charge is -2.20. The Morgan fingerprint density at radius 1 is 1.12 bits per heavy atom. The van der Waals surface area contributed by atoms with E-state index in [2.05, 4.69) is 14.9 Å². The molecule has 0 atom stereocenters. The number of methoxy groups -OCH3 is 2. The van der Waals surface area contributed by atoms with Crippen molar-refractivity contribution in [3.8, 4) is 11.5 Å². The first-order valence-corrected chi connectivity index (χ1v) is 8.67. The van der Waals surface area contributed by atoms with Crippen LogP contribution in [0.5, 0.6) is 11.5 Å². The second-order valence-corrected chi connectivity index (χ2v) is 6.64. The van der Waals surface area contributed by atoms with E-state index in [-0.39, 0.29) is 0 Å². The highest BCUT2D eigenvalue weighted by molar-refractivity contribution is 7.71. The van der Waals surface area contributed by atoms with Crippen LogP contribution in [-0.2, 0) is 13.2 Å². The van der Waals surface area contributed by atoms with Crippen molar-refractivity contribution in [1.29, 1.82) is 0 Å². The number of rotatable bonds is 6. The first kappa shape index (κ1) is 18.3. The molecule has 0 amide bonds. The van der Waals surface area contributed by atoms with E-state index in [0.717, 1.165) is 28.5 Å². The molecule has 138 valence electrons. The lowest BCUT2D eigenvalue weighted by molar-refractivity contribution is 0.234. The number of hydrogen-bond acceptors (Lipinski definition) is 6. The summed E-state index contributed by atoms with van der Waals surface area (Å²) in [7, 11) is 5.34. The molecule has 0 N–H and O–H groups in total. The van der Waals surface area contributed by atoms with Crippen molar-refractivity contribution in [2.24, 2.45) is 0 Å². The van der Waals surface area contributed by atoms with E-state index in [0.29, 0.717) is 23.8 Å². The van der Waals surface area contributed by atoms with E-state index in [9.17, 15) is 0 Å². The lowest BCUT2D eigenvalue weighted by atomic mass is 10.2. The molecule has 7 nitrogen and oxygen atoms in total. The number of fused-ring (bicyclic) bond motifs is 1. The number of ether oxygens (including phenoxy) is 2. The van der Waals surface area contributed by atoms with Crippen molar-refractivity contribution in [1.82, 2.24) is 24.1 Å². The maximum atomic E-state index is 5.49. The Balaban J connectivity index is 1.87. The fourth-order valence-corrected chi connectivity index (χ4v) is 3.25. The summed E-state index contributed by atoms with van der Waals surface area (Å²) in [4.78, 5) is 11.0. The second-order valence-electron chi connectivity index (χ2n) is 6.28. The highest BCUT2D eigenvalue weighted by Crippen LogP contribution is 2.25. The predicted molar refractivity (Wildman–Crippen MR) is 102 cm³/mol. The van der Waals surface area contributed by atoms with Crippen LogP contribution in [0.15, 0.2) is 24.3 Å². The molecular weight excluding hydrogens is 350 g/mol. The van der Waals surface area contributed by atoms with Gasteiger partial charge in [0.25, 0.3) is 5.78 Å². The third-order valence-corrected chi connectivity index (χ3v) is 4.49. The lowest BCUT2D eigenvalue weighted by Crippen LogP contribution is -2.25. The molecule has 0 radical (unpaired) electrons. The van der Waals surface area contributed by atoms with Crippen molar-refractivity contribution >= 4 is 18.0 Å². The molecule has 0 saturated carbocycles. The number of aromatic nitrogens is 4. The van der Waals surface area contributed by atoms with E-state index < -0.39 is 0 Å². The van der Waals surface area contributed by atoms with Crippen molar-refractivity contribution in [3.05, 3.63) is 46.0 Å². The SMILES string of the molecule is COc1ccc(CN(C)Cn2c(=S)nc3nc(C)cc(C)n32)c(OC)c1. The molecule has 0 saturated heterocycles. The standard InChI is InChI=1S/C18H23N5O2S/c1-12-8-13(2)23-17(19-12)20-18(26)22(23)11-21(3)10-14-6-7-15(24-4)9-16(14)25-5/h6-9H,10-11H2,1-5H3. The number of benzene rings is 1. The van der Waals surface area contributed by atoms with Gasteiger partial charge in [0.1, 0.15) is 11.5 Å². The van der Waals surface area contributed by atoms with Crippen LogP contribution >= 0.6 is 12.2 Å². The van der Waals surface area contributed by atoms with Crippen molar-refractivity contribution < 1.29 is 9.47 Å². The van der Waals surface area contributed by atoms with Crippen molar-refractivity contribution in [2.45, 2.75) is 27.1 Å². The van der Waals surface area contributed by atoms with Gasteiger partial charge in [-0.25, -0.2) is 14.2 Å². The quantitative estimate of drug-likeness (QED) is 0.619. The first-order chi connectivity index (χ1) is 12.4. The molecule has 1 aromatic carbocycles. The molecular formula is C18H23N5O2S. The molecule has 2 heterocycles. The summed E-state index contributed by atoms with van der Waals surface area (Å²) >= 11 is 5.44. The van der Waals surface area contributed by atoms with E-state index in [1.54, 1.807) is 14.2 Å². The van der Waals surface area contributed by atoms with Crippen LogP contribution in [0.2, 0.25) is 0 Å². The third-order valence-electron chi connectivity index (χ3n) is 4.19. The Morgan fingerprint density at radius 3 is 2.58 bits per heavy atom. The molecule has 3 aromatic rings. The number of hydrogen-bond donors (Lipinski definition) is 0. The van der Waals surface area contributed by atoms with Gasteiger partial charge in [-0.2, -0.15) is 4.98 Å². The number of nitrogens with zero attached hydrogens (tertiary/aromatic N) is 5. The third kappa shape index (κ3) is 3.56. The zero-order chi connectivity index (χ0) is 18.8. The fraction of sp³-hybridized carbons (Fsp3) is 0.389. The molecule has 3 rings (SSSR count). The van der Waals surface area contributed by atoms with Crippen molar-refractivity contribution in [2.75, 3.05) is 21.3 Å². The Morgan fingerprint density at radius 2 is 1.88 bits per heavy atom. The Labute approximate surface area is 157 Å². The van der Waals surface area contributed by atoms with Gasteiger partial charge in [0.2, 0.25) is 4.77 Å². The fourth-order valence-electron chi connectivity index (χ4n) is 3.03. The molecule has 2 aromatic heterocycles. The Kier molecular flexibility index (Phi) is 5.24. The van der Waals surface area contributed by atoms with Gasteiger partial charge in [-0.1, -0.05) is 6.07 Å². The van der Waals surface area contributed by atoms with Crippen LogP contribution < -0.4 is 9.47 Å². The Hall–Kier alpha value is -2.45. The molecule has 0 aliphatic rings. The van der Waals surface area contributed by atoms with Gasteiger partial charge < -0.3 is 9.47 Å². The molecule has 8 heteroatoms. The molecule has 0 aliphatic carbocycles. The van der Waals surface area contributed by atoms with Gasteiger partial charge >= 0.3 is 0 Å². The summed E-state index contributed by atoms with van der Waals surface area (Å²) in [5, 5.41) is 0. The predicted octanol–water partition coefficient (Wildman–Crippen LogP) is 2.98. The molecule has 0 fully saturated rings. The second kappa shape index (κ2) is 7.43. The zero-order valence-corrected chi connectivity index (χ0v) is 16.5. The van der Waals surface area contributed by atoms with Gasteiger partial charge in [-0.05, 0) is 45.2 Å². The van der Waals surface area contributed by atoms with E-state index >= 15 is 0 Å². The van der Waals surface area contributed by atoms with Crippen LogP contribution in [0.3, 0.4) is 0 Å². The molecule has 0 aliphatic heterocycles. The summed E-state index contributed by atoms with van der Waals surface area (Å²) in [6, 6.07) is 7.85. The topological polar surface area (TPSA) is 56.8 Å².